The summed E-state index contributed by atoms with van der Waals surface area (Å²) < 4.78 is 22.5. The summed E-state index contributed by atoms with van der Waals surface area (Å²) in [6, 6.07) is 3.99. The van der Waals surface area contributed by atoms with Gasteiger partial charge in [-0.25, -0.2) is 9.97 Å². The fourth-order valence-electron chi connectivity index (χ4n) is 3.66. The van der Waals surface area contributed by atoms with E-state index < -0.39 is 11.2 Å². The van der Waals surface area contributed by atoms with Gasteiger partial charge < -0.3 is 9.29 Å². The fraction of sp³-hybridized carbons (Fsp3) is 0.158. The molecule has 30 heavy (non-hydrogen) atoms. The molecule has 6 heterocycles. The number of hydrogen-bond acceptors (Lipinski definition) is 7. The maximum atomic E-state index is 13.0. The van der Waals surface area contributed by atoms with E-state index in [1.165, 1.54) is 11.3 Å². The lowest BCUT2D eigenvalue weighted by Crippen LogP contribution is -2.11. The highest BCUT2D eigenvalue weighted by molar-refractivity contribution is 7.93. The van der Waals surface area contributed by atoms with Crippen LogP contribution in [-0.4, -0.2) is 58.2 Å². The van der Waals surface area contributed by atoms with E-state index in [0.29, 0.717) is 12.4 Å². The van der Waals surface area contributed by atoms with E-state index in [0.717, 1.165) is 47.9 Å². The number of ether oxygens (including phenoxy) is 1. The van der Waals surface area contributed by atoms with E-state index in [4.69, 9.17) is 9.72 Å². The summed E-state index contributed by atoms with van der Waals surface area (Å²) in [5, 5.41) is 9.62. The molecule has 6 rings (SSSR count). The highest BCUT2D eigenvalue weighted by Gasteiger charge is 2.25. The van der Waals surface area contributed by atoms with Crippen LogP contribution in [0.15, 0.2) is 47.3 Å². The summed E-state index contributed by atoms with van der Waals surface area (Å²) >= 11 is 0.232. The Morgan fingerprint density at radius 1 is 1.30 bits per heavy atom. The largest absolute Gasteiger partial charge is 0.611 e. The summed E-state index contributed by atoms with van der Waals surface area (Å²) in [5.41, 5.74) is 4.14. The maximum absolute atomic E-state index is 13.0. The molecule has 0 amide bonds. The van der Waals surface area contributed by atoms with Gasteiger partial charge in [0, 0.05) is 36.1 Å². The van der Waals surface area contributed by atoms with Gasteiger partial charge in [-0.2, -0.15) is 9.73 Å². The highest BCUT2D eigenvalue weighted by Crippen LogP contribution is 2.40. The number of aromatic nitrogens is 7. The van der Waals surface area contributed by atoms with Crippen LogP contribution in [-0.2, 0) is 15.9 Å². The molecular weight excluding hydrogens is 422 g/mol. The minimum atomic E-state index is -1.21. The van der Waals surface area contributed by atoms with Crippen molar-refractivity contribution in [2.75, 3.05) is 19.5 Å². The molecule has 0 spiro atoms. The van der Waals surface area contributed by atoms with E-state index in [1.54, 1.807) is 36.5 Å². The molecule has 9 nitrogen and oxygen atoms in total. The third kappa shape index (κ3) is 2.56. The number of nitrogens with one attached hydrogen (secondary N) is 1. The maximum Gasteiger partial charge on any atom is 0.234 e. The molecule has 0 saturated heterocycles. The highest BCUT2D eigenvalue weighted by atomic mass is 32.2. The monoisotopic (exact) mass is 437 g/mol. The molecule has 0 bridgehead atoms. The molecule has 0 aliphatic carbocycles. The van der Waals surface area contributed by atoms with Gasteiger partial charge in [0.15, 0.2) is 5.65 Å². The molecule has 0 aliphatic heterocycles. The predicted molar refractivity (Wildman–Crippen MR) is 115 cm³/mol. The van der Waals surface area contributed by atoms with Gasteiger partial charge in [0.2, 0.25) is 4.21 Å². The Labute approximate surface area is 176 Å². The van der Waals surface area contributed by atoms with Gasteiger partial charge in [0.1, 0.15) is 16.1 Å². The number of H-pyrrole nitrogens is 1. The first-order valence-corrected chi connectivity index (χ1v) is 11.3. The number of fused-ring (bicyclic) bond motifs is 3. The molecule has 6 aromatic rings. The van der Waals surface area contributed by atoms with Crippen LogP contribution in [0.25, 0.3) is 43.7 Å². The van der Waals surface area contributed by atoms with Gasteiger partial charge >= 0.3 is 0 Å². The van der Waals surface area contributed by atoms with Crippen LogP contribution in [0.1, 0.15) is 0 Å². The third-order valence-corrected chi connectivity index (χ3v) is 7.87. The van der Waals surface area contributed by atoms with Gasteiger partial charge in [-0.1, -0.05) is 11.3 Å². The van der Waals surface area contributed by atoms with Crippen LogP contribution in [0.2, 0.25) is 0 Å². The Kier molecular flexibility index (Phi) is 4.03. The number of methoxy groups -OCH3 is 1. The average molecular weight is 438 g/mol. The molecule has 0 radical (unpaired) electrons. The van der Waals surface area contributed by atoms with E-state index in [2.05, 4.69) is 20.2 Å². The minimum absolute atomic E-state index is 0.423. The number of hydrogen-bond donors (Lipinski definition) is 1. The van der Waals surface area contributed by atoms with Crippen molar-refractivity contribution in [3.8, 4) is 11.4 Å². The molecule has 1 unspecified atom stereocenters. The van der Waals surface area contributed by atoms with E-state index in [-0.39, 0.29) is 0 Å². The Bertz CT molecular complexity index is 1530. The van der Waals surface area contributed by atoms with Gasteiger partial charge in [0.25, 0.3) is 0 Å². The van der Waals surface area contributed by atoms with Crippen LogP contribution < -0.4 is 0 Å². The van der Waals surface area contributed by atoms with Crippen molar-refractivity contribution in [1.82, 2.24) is 34.2 Å². The average Bonchev–Trinajstić information content (AvgIpc) is 3.49. The molecule has 0 aliphatic rings. The van der Waals surface area contributed by atoms with Gasteiger partial charge in [-0.15, -0.1) is 0 Å². The standard InChI is InChI=1S/C19H15N7O2S2/c1-28-6-7-30(27)19-17-16-11(13-2-3-22-26(13)24-17)8-12(23-18(16)29-19)14-9-21-15-10-20-4-5-25(14)15/h2-5,8-10,24H,6-7H2,1H3. The molecular formula is C19H15N7O2S2. The zero-order valence-electron chi connectivity index (χ0n) is 15.8. The molecule has 0 fully saturated rings. The van der Waals surface area contributed by atoms with Crippen molar-refractivity contribution in [1.29, 1.82) is 0 Å². The molecule has 11 heteroatoms. The molecule has 1 N–H and O–H groups in total. The lowest BCUT2D eigenvalue weighted by molar-refractivity contribution is 0.217. The van der Waals surface area contributed by atoms with Crippen molar-refractivity contribution < 1.29 is 9.29 Å². The van der Waals surface area contributed by atoms with E-state index in [1.807, 2.05) is 22.7 Å². The number of thiophene rings is 1. The Morgan fingerprint density at radius 2 is 2.23 bits per heavy atom. The van der Waals surface area contributed by atoms with E-state index >= 15 is 0 Å². The van der Waals surface area contributed by atoms with Crippen molar-refractivity contribution in [3.63, 3.8) is 0 Å². The summed E-state index contributed by atoms with van der Waals surface area (Å²) in [6.45, 7) is 0.425. The van der Waals surface area contributed by atoms with Crippen LogP contribution in [0.3, 0.4) is 0 Å². The predicted octanol–water partition coefficient (Wildman–Crippen LogP) is 2.89. The van der Waals surface area contributed by atoms with Crippen LogP contribution >= 0.6 is 11.3 Å². The topological polar surface area (TPSA) is 108 Å². The van der Waals surface area contributed by atoms with Gasteiger partial charge in [-0.05, 0) is 12.1 Å². The normalized spacial score (nSPS) is 13.3. The molecule has 1 atom stereocenters. The fourth-order valence-corrected chi connectivity index (χ4v) is 6.28. The van der Waals surface area contributed by atoms with Crippen LogP contribution in [0.5, 0.6) is 0 Å². The second-order valence-electron chi connectivity index (χ2n) is 6.73. The number of pyridine rings is 1. The number of imidazole rings is 1. The smallest absolute Gasteiger partial charge is 0.234 e. The number of nitrogens with zero attached hydrogens (tertiary/aromatic N) is 6. The Balaban J connectivity index is 1.66. The first-order chi connectivity index (χ1) is 14.7. The number of rotatable bonds is 5. The first-order valence-electron chi connectivity index (χ1n) is 9.18. The van der Waals surface area contributed by atoms with E-state index in [9.17, 15) is 4.55 Å². The molecule has 6 aromatic heterocycles. The lowest BCUT2D eigenvalue weighted by Gasteiger charge is -2.09. The lowest BCUT2D eigenvalue weighted by atomic mass is 10.1. The summed E-state index contributed by atoms with van der Waals surface area (Å²) in [4.78, 5) is 14.3. The molecule has 150 valence electrons. The van der Waals surface area contributed by atoms with Crippen molar-refractivity contribution in [2.45, 2.75) is 4.21 Å². The SMILES string of the molecule is COCC[S+]([O-])c1sc2nc(-c3cnc4cnccn34)cc3c2c1[nH]n1nccc31. The Hall–Kier alpha value is -2.99. The molecule has 0 aromatic carbocycles. The van der Waals surface area contributed by atoms with Gasteiger partial charge in [0.05, 0.1) is 47.5 Å². The quantitative estimate of drug-likeness (QED) is 0.416. The van der Waals surface area contributed by atoms with Crippen LogP contribution in [0.4, 0.5) is 0 Å². The second kappa shape index (κ2) is 6.77. The van der Waals surface area contributed by atoms with Crippen LogP contribution in [0, 0.1) is 0 Å². The molecule has 0 saturated carbocycles. The summed E-state index contributed by atoms with van der Waals surface area (Å²) in [7, 11) is 1.61. The first kappa shape index (κ1) is 17.8. The van der Waals surface area contributed by atoms with Crippen molar-refractivity contribution in [3.05, 3.63) is 43.1 Å². The van der Waals surface area contributed by atoms with Gasteiger partial charge in [-0.3, -0.25) is 14.5 Å². The second-order valence-corrected chi connectivity index (χ2v) is 9.50. The third-order valence-electron chi connectivity index (χ3n) is 5.03. The minimum Gasteiger partial charge on any atom is -0.611 e. The van der Waals surface area contributed by atoms with Crippen molar-refractivity contribution >= 4 is 54.8 Å². The summed E-state index contributed by atoms with van der Waals surface area (Å²) in [5.74, 6) is 0.423. The Morgan fingerprint density at radius 3 is 3.13 bits per heavy atom. The number of aromatic amines is 1. The summed E-state index contributed by atoms with van der Waals surface area (Å²) in [6.07, 6.45) is 8.84. The zero-order valence-corrected chi connectivity index (χ0v) is 17.4. The zero-order chi connectivity index (χ0) is 20.2. The van der Waals surface area contributed by atoms with Crippen molar-refractivity contribution in [2.24, 2.45) is 0 Å².